The molecule has 0 amide bonds. The van der Waals surface area contributed by atoms with Crippen molar-refractivity contribution in [1.29, 1.82) is 0 Å². The van der Waals surface area contributed by atoms with E-state index in [-0.39, 0.29) is 5.97 Å². The van der Waals surface area contributed by atoms with Crippen molar-refractivity contribution in [1.82, 2.24) is 0 Å². The lowest BCUT2D eigenvalue weighted by molar-refractivity contribution is 0.0223. The summed E-state index contributed by atoms with van der Waals surface area (Å²) in [7, 11) is 0. The second-order valence-corrected chi connectivity index (χ2v) is 12.6. The highest BCUT2D eigenvalue weighted by atomic mass is 127. The summed E-state index contributed by atoms with van der Waals surface area (Å²) in [6.07, 6.45) is 1.99. The van der Waals surface area contributed by atoms with Crippen LogP contribution in [0.1, 0.15) is 39.9 Å². The summed E-state index contributed by atoms with van der Waals surface area (Å²) >= 11 is 4.80. The molecule has 1 spiro atoms. The Hall–Kier alpha value is -1.81. The molecule has 0 saturated heterocycles. The monoisotopic (exact) mass is 624 g/mol. The summed E-state index contributed by atoms with van der Waals surface area (Å²) in [6.45, 7) is 0.565. The Morgan fingerprint density at radius 2 is 1.50 bits per heavy atom. The van der Waals surface area contributed by atoms with E-state index >= 15 is 0 Å². The average molecular weight is 624 g/mol. The Bertz CT molecular complexity index is 1080. The van der Waals surface area contributed by atoms with E-state index in [1.54, 1.807) is 0 Å². The van der Waals surface area contributed by atoms with Gasteiger partial charge in [0.05, 0.1) is 8.54 Å². The second-order valence-electron chi connectivity index (χ2n) is 7.23. The molecule has 2 aliphatic heterocycles. The fraction of sp³-hybridized carbons (Fsp3) is 0.208. The summed E-state index contributed by atoms with van der Waals surface area (Å²) in [4.78, 5) is 13.2. The number of hydrogen-bond acceptors (Lipinski definition) is 4. The zero-order valence-electron chi connectivity index (χ0n) is 15.9. The zero-order chi connectivity index (χ0) is 20.7. The molecular formula is C24H18I2O4. The fourth-order valence-corrected chi connectivity index (χ4v) is 5.06. The maximum atomic E-state index is 13.2. The third-order valence-electron chi connectivity index (χ3n) is 5.43. The van der Waals surface area contributed by atoms with Crippen molar-refractivity contribution in [2.75, 3.05) is 6.61 Å². The van der Waals surface area contributed by atoms with E-state index in [2.05, 4.69) is 45.2 Å². The van der Waals surface area contributed by atoms with Gasteiger partial charge in [0.1, 0.15) is 22.8 Å². The van der Waals surface area contributed by atoms with Gasteiger partial charge in [0, 0.05) is 16.7 Å². The van der Waals surface area contributed by atoms with Crippen molar-refractivity contribution < 1.29 is 19.0 Å². The van der Waals surface area contributed by atoms with Crippen LogP contribution in [-0.4, -0.2) is 14.5 Å². The van der Waals surface area contributed by atoms with Crippen LogP contribution < -0.4 is 9.47 Å². The SMILES string of the molecule is O=C1OC2(c3ccccc3Oc3ccccc32)c2cccc(OCCCC(I)I)c21. The van der Waals surface area contributed by atoms with Crippen LogP contribution in [0.4, 0.5) is 0 Å². The molecule has 0 unspecified atom stereocenters. The smallest absolute Gasteiger partial charge is 0.343 e. The highest BCUT2D eigenvalue weighted by Crippen LogP contribution is 2.56. The van der Waals surface area contributed by atoms with Crippen LogP contribution in [0.25, 0.3) is 0 Å². The molecular weight excluding hydrogens is 606 g/mol. The van der Waals surface area contributed by atoms with Crippen molar-refractivity contribution in [3.05, 3.63) is 89.0 Å². The lowest BCUT2D eigenvalue weighted by atomic mass is 9.77. The van der Waals surface area contributed by atoms with Gasteiger partial charge in [-0.1, -0.05) is 93.7 Å². The molecule has 6 heteroatoms. The van der Waals surface area contributed by atoms with E-state index in [1.807, 2.05) is 66.7 Å². The van der Waals surface area contributed by atoms with Gasteiger partial charge in [-0.25, -0.2) is 4.79 Å². The summed E-state index contributed by atoms with van der Waals surface area (Å²) in [5.74, 6) is 1.60. The number of esters is 1. The molecule has 0 aliphatic carbocycles. The number of carbonyl (C=O) groups excluding carboxylic acids is 1. The number of fused-ring (bicyclic) bond motifs is 6. The number of alkyl halides is 2. The van der Waals surface area contributed by atoms with Gasteiger partial charge < -0.3 is 14.2 Å². The summed E-state index contributed by atoms with van der Waals surface area (Å²) in [5, 5.41) is 0. The van der Waals surface area contributed by atoms with Gasteiger partial charge in [-0.3, -0.25) is 0 Å². The molecule has 0 bridgehead atoms. The van der Waals surface area contributed by atoms with Crippen molar-refractivity contribution in [2.24, 2.45) is 0 Å². The topological polar surface area (TPSA) is 44.8 Å². The molecule has 0 saturated carbocycles. The van der Waals surface area contributed by atoms with Crippen molar-refractivity contribution >= 4 is 51.2 Å². The molecule has 4 nitrogen and oxygen atoms in total. The van der Waals surface area contributed by atoms with Crippen LogP contribution in [-0.2, 0) is 10.3 Å². The Morgan fingerprint density at radius 3 is 2.17 bits per heavy atom. The number of ether oxygens (including phenoxy) is 3. The first-order valence-electron chi connectivity index (χ1n) is 9.76. The second kappa shape index (κ2) is 8.03. The lowest BCUT2D eigenvalue weighted by Crippen LogP contribution is -2.32. The molecule has 3 aromatic carbocycles. The van der Waals surface area contributed by atoms with E-state index < -0.39 is 5.60 Å². The van der Waals surface area contributed by atoms with Crippen LogP contribution in [0, 0.1) is 0 Å². The highest BCUT2D eigenvalue weighted by molar-refractivity contribution is 14.2. The molecule has 152 valence electrons. The van der Waals surface area contributed by atoms with E-state index in [0.29, 0.717) is 31.4 Å². The Kier molecular flexibility index (Phi) is 5.38. The van der Waals surface area contributed by atoms with Crippen LogP contribution in [0.2, 0.25) is 0 Å². The van der Waals surface area contributed by atoms with E-state index in [1.165, 1.54) is 0 Å². The summed E-state index contributed by atoms with van der Waals surface area (Å²) in [5.41, 5.74) is 1.92. The number of hydrogen-bond donors (Lipinski definition) is 0. The predicted molar refractivity (Wildman–Crippen MR) is 131 cm³/mol. The molecule has 0 radical (unpaired) electrons. The number of benzene rings is 3. The first-order chi connectivity index (χ1) is 14.6. The molecule has 5 rings (SSSR count). The van der Waals surface area contributed by atoms with Gasteiger partial charge >= 0.3 is 5.97 Å². The Morgan fingerprint density at radius 1 is 0.867 bits per heavy atom. The van der Waals surface area contributed by atoms with Crippen LogP contribution in [0.5, 0.6) is 17.2 Å². The minimum atomic E-state index is -1.03. The standard InChI is InChI=1S/C24H18I2O4/c25-21(26)13-6-14-28-20-12-5-9-17-22(20)23(27)30-24(17)15-7-1-3-10-18(15)29-19-11-4-2-8-16(19)24/h1-5,7-12,21H,6,13-14H2. The van der Waals surface area contributed by atoms with Crippen LogP contribution >= 0.6 is 45.2 Å². The maximum Gasteiger partial charge on any atom is 0.343 e. The average Bonchev–Trinajstić information content (AvgIpc) is 3.05. The normalized spacial score (nSPS) is 15.2. The third-order valence-corrected chi connectivity index (χ3v) is 6.68. The molecule has 2 heterocycles. The van der Waals surface area contributed by atoms with Gasteiger partial charge in [0.15, 0.2) is 5.60 Å². The summed E-state index contributed by atoms with van der Waals surface area (Å²) in [6, 6.07) is 21.2. The maximum absolute atomic E-state index is 13.2. The largest absolute Gasteiger partial charge is 0.493 e. The predicted octanol–water partition coefficient (Wildman–Crippen LogP) is 6.61. The molecule has 3 aromatic rings. The van der Waals surface area contributed by atoms with Crippen LogP contribution in [0.3, 0.4) is 0 Å². The Balaban J connectivity index is 1.64. The molecule has 0 aromatic heterocycles. The van der Waals surface area contributed by atoms with Crippen LogP contribution in [0.15, 0.2) is 66.7 Å². The number of carbonyl (C=O) groups is 1. The van der Waals surface area contributed by atoms with Gasteiger partial charge in [0.25, 0.3) is 0 Å². The van der Waals surface area contributed by atoms with Crippen molar-refractivity contribution in [2.45, 2.75) is 20.4 Å². The highest BCUT2D eigenvalue weighted by Gasteiger charge is 2.54. The molecule has 0 fully saturated rings. The lowest BCUT2D eigenvalue weighted by Gasteiger charge is -2.36. The first-order valence-corrected chi connectivity index (χ1v) is 12.2. The number of para-hydroxylation sites is 2. The van der Waals surface area contributed by atoms with Crippen molar-refractivity contribution in [3.63, 3.8) is 0 Å². The molecule has 0 atom stereocenters. The first kappa shape index (κ1) is 20.1. The minimum absolute atomic E-state index is 0.368. The quantitative estimate of drug-likeness (QED) is 0.139. The molecule has 30 heavy (non-hydrogen) atoms. The van der Waals surface area contributed by atoms with Gasteiger partial charge in [-0.2, -0.15) is 0 Å². The number of halogens is 2. The van der Waals surface area contributed by atoms with Crippen molar-refractivity contribution in [3.8, 4) is 17.2 Å². The zero-order valence-corrected chi connectivity index (χ0v) is 20.3. The number of rotatable bonds is 5. The van der Waals surface area contributed by atoms with E-state index in [0.717, 1.165) is 29.5 Å². The molecule has 0 N–H and O–H groups in total. The minimum Gasteiger partial charge on any atom is -0.493 e. The fourth-order valence-electron chi connectivity index (χ4n) is 4.18. The van der Waals surface area contributed by atoms with E-state index in [4.69, 9.17) is 14.2 Å². The third kappa shape index (κ3) is 3.19. The van der Waals surface area contributed by atoms with E-state index in [9.17, 15) is 4.79 Å². The Labute approximate surface area is 202 Å². The van der Waals surface area contributed by atoms with Gasteiger partial charge in [-0.05, 0) is 31.0 Å². The summed E-state index contributed by atoms with van der Waals surface area (Å²) < 4.78 is 18.9. The van der Waals surface area contributed by atoms with Gasteiger partial charge in [0.2, 0.25) is 0 Å². The molecule has 2 aliphatic rings. The van der Waals surface area contributed by atoms with Gasteiger partial charge in [-0.15, -0.1) is 0 Å².